The monoisotopic (exact) mass is 269 g/mol. The number of hydrogen-bond donors (Lipinski definition) is 3. The van der Waals surface area contributed by atoms with E-state index in [0.29, 0.717) is 26.1 Å². The summed E-state index contributed by atoms with van der Waals surface area (Å²) in [5.74, 6) is -1.30. The Hall–Kier alpha value is -1.96. The summed E-state index contributed by atoms with van der Waals surface area (Å²) in [5.41, 5.74) is 5.57. The van der Waals surface area contributed by atoms with Crippen LogP contribution in [0.4, 0.5) is 0 Å². The highest BCUT2D eigenvalue weighted by molar-refractivity contribution is 5.91. The van der Waals surface area contributed by atoms with Crippen LogP contribution < -0.4 is 11.1 Å². The number of amides is 1. The maximum Gasteiger partial charge on any atom is 0.303 e. The molecule has 4 N–H and O–H groups in total. The van der Waals surface area contributed by atoms with Crippen molar-refractivity contribution in [3.63, 3.8) is 0 Å². The van der Waals surface area contributed by atoms with Gasteiger partial charge >= 0.3 is 5.97 Å². The Morgan fingerprint density at radius 1 is 1.58 bits per heavy atom. The fourth-order valence-electron chi connectivity index (χ4n) is 1.58. The lowest BCUT2D eigenvalue weighted by Crippen LogP contribution is -2.30. The van der Waals surface area contributed by atoms with Crippen molar-refractivity contribution in [1.82, 2.24) is 20.3 Å². The van der Waals surface area contributed by atoms with Gasteiger partial charge in [0.05, 0.1) is 12.7 Å². The van der Waals surface area contributed by atoms with Crippen LogP contribution in [0.15, 0.2) is 6.20 Å². The van der Waals surface area contributed by atoms with Gasteiger partial charge in [0.25, 0.3) is 5.91 Å². The predicted octanol–water partition coefficient (Wildman–Crippen LogP) is -0.532. The Kier molecular flexibility index (Phi) is 5.94. The van der Waals surface area contributed by atoms with Crippen molar-refractivity contribution >= 4 is 11.9 Å². The molecule has 1 rings (SSSR count). The highest BCUT2D eigenvalue weighted by atomic mass is 16.4. The zero-order valence-corrected chi connectivity index (χ0v) is 10.9. The molecule has 0 radical (unpaired) electrons. The Bertz CT molecular complexity index is 432. The smallest absolute Gasteiger partial charge is 0.303 e. The van der Waals surface area contributed by atoms with Crippen molar-refractivity contribution in [1.29, 1.82) is 0 Å². The molecule has 1 heterocycles. The Morgan fingerprint density at radius 3 is 2.89 bits per heavy atom. The lowest BCUT2D eigenvalue weighted by atomic mass is 10.0. The summed E-state index contributed by atoms with van der Waals surface area (Å²) in [4.78, 5) is 22.4. The molecule has 1 unspecified atom stereocenters. The Morgan fingerprint density at radius 2 is 2.32 bits per heavy atom. The average Bonchev–Trinajstić information content (AvgIpc) is 2.82. The van der Waals surface area contributed by atoms with E-state index in [1.807, 2.05) is 6.92 Å². The molecular weight excluding hydrogens is 250 g/mol. The normalized spacial score (nSPS) is 12.1. The third kappa shape index (κ3) is 5.04. The molecule has 0 spiro atoms. The molecule has 0 aromatic carbocycles. The topological polar surface area (TPSA) is 123 Å². The standard InChI is InChI=1S/C11H19N5O3/c1-2-8(5-10(17)18)6-13-11(19)9-7-16(4-3-12)15-14-9/h7-8H,2-6,12H2,1H3,(H,13,19)(H,17,18). The third-order valence-electron chi connectivity index (χ3n) is 2.72. The van der Waals surface area contributed by atoms with E-state index in [-0.39, 0.29) is 23.9 Å². The number of hydrogen-bond acceptors (Lipinski definition) is 5. The molecule has 1 atom stereocenters. The van der Waals surface area contributed by atoms with Gasteiger partial charge in [0, 0.05) is 19.5 Å². The van der Waals surface area contributed by atoms with Gasteiger partial charge in [-0.05, 0) is 5.92 Å². The number of carbonyl (C=O) groups excluding carboxylic acids is 1. The van der Waals surface area contributed by atoms with E-state index in [1.54, 1.807) is 0 Å². The van der Waals surface area contributed by atoms with Crippen LogP contribution in [0, 0.1) is 5.92 Å². The SMILES string of the molecule is CCC(CNC(=O)c1cn(CCN)nn1)CC(=O)O. The average molecular weight is 269 g/mol. The van der Waals surface area contributed by atoms with E-state index in [4.69, 9.17) is 10.8 Å². The van der Waals surface area contributed by atoms with E-state index < -0.39 is 5.97 Å². The summed E-state index contributed by atoms with van der Waals surface area (Å²) in [5, 5.41) is 18.9. The number of nitrogens with one attached hydrogen (secondary N) is 1. The second-order valence-electron chi connectivity index (χ2n) is 4.24. The molecule has 8 heteroatoms. The molecule has 0 aliphatic carbocycles. The van der Waals surface area contributed by atoms with E-state index in [0.717, 1.165) is 0 Å². The quantitative estimate of drug-likeness (QED) is 0.583. The first kappa shape index (κ1) is 15.1. The molecule has 1 amide bonds. The van der Waals surface area contributed by atoms with Crippen LogP contribution in [0.1, 0.15) is 30.3 Å². The molecule has 19 heavy (non-hydrogen) atoms. The minimum Gasteiger partial charge on any atom is -0.481 e. The van der Waals surface area contributed by atoms with Gasteiger partial charge in [0.1, 0.15) is 0 Å². The molecule has 0 saturated heterocycles. The molecule has 0 bridgehead atoms. The van der Waals surface area contributed by atoms with Crippen LogP contribution in [0.25, 0.3) is 0 Å². The van der Waals surface area contributed by atoms with Gasteiger partial charge in [-0.1, -0.05) is 18.6 Å². The summed E-state index contributed by atoms with van der Waals surface area (Å²) < 4.78 is 1.49. The number of aliphatic carboxylic acids is 1. The lowest BCUT2D eigenvalue weighted by molar-refractivity contribution is -0.138. The molecule has 0 fully saturated rings. The minimum atomic E-state index is -0.866. The highest BCUT2D eigenvalue weighted by Gasteiger charge is 2.15. The van der Waals surface area contributed by atoms with Crippen molar-refractivity contribution < 1.29 is 14.7 Å². The van der Waals surface area contributed by atoms with Gasteiger partial charge in [0.15, 0.2) is 5.69 Å². The van der Waals surface area contributed by atoms with Gasteiger partial charge in [-0.2, -0.15) is 0 Å². The van der Waals surface area contributed by atoms with Gasteiger partial charge in [-0.3, -0.25) is 14.3 Å². The molecule has 1 aromatic heterocycles. The summed E-state index contributed by atoms with van der Waals surface area (Å²) in [6, 6.07) is 0. The number of nitrogens with zero attached hydrogens (tertiary/aromatic N) is 3. The maximum atomic E-state index is 11.8. The molecule has 1 aromatic rings. The van der Waals surface area contributed by atoms with E-state index in [9.17, 15) is 9.59 Å². The second-order valence-corrected chi connectivity index (χ2v) is 4.24. The zero-order valence-electron chi connectivity index (χ0n) is 10.9. The van der Waals surface area contributed by atoms with Gasteiger partial charge in [-0.15, -0.1) is 5.10 Å². The van der Waals surface area contributed by atoms with Gasteiger partial charge < -0.3 is 16.2 Å². The first-order chi connectivity index (χ1) is 9.06. The lowest BCUT2D eigenvalue weighted by Gasteiger charge is -2.12. The molecule has 106 valence electrons. The molecule has 0 aliphatic rings. The largest absolute Gasteiger partial charge is 0.481 e. The Balaban J connectivity index is 2.47. The molecule has 0 saturated carbocycles. The van der Waals surface area contributed by atoms with Gasteiger partial charge in [-0.25, -0.2) is 0 Å². The van der Waals surface area contributed by atoms with Crippen molar-refractivity contribution in [2.24, 2.45) is 11.7 Å². The van der Waals surface area contributed by atoms with Crippen molar-refractivity contribution in [3.8, 4) is 0 Å². The van der Waals surface area contributed by atoms with Crippen LogP contribution in [0.2, 0.25) is 0 Å². The minimum absolute atomic E-state index is 0.0383. The van der Waals surface area contributed by atoms with E-state index in [1.165, 1.54) is 10.9 Å². The van der Waals surface area contributed by atoms with Crippen LogP contribution in [-0.2, 0) is 11.3 Å². The number of carbonyl (C=O) groups is 2. The first-order valence-corrected chi connectivity index (χ1v) is 6.17. The maximum absolute atomic E-state index is 11.8. The van der Waals surface area contributed by atoms with Crippen LogP contribution in [0.3, 0.4) is 0 Å². The highest BCUT2D eigenvalue weighted by Crippen LogP contribution is 2.06. The van der Waals surface area contributed by atoms with Crippen molar-refractivity contribution in [2.75, 3.05) is 13.1 Å². The third-order valence-corrected chi connectivity index (χ3v) is 2.72. The van der Waals surface area contributed by atoms with E-state index >= 15 is 0 Å². The summed E-state index contributed by atoms with van der Waals surface area (Å²) in [7, 11) is 0. The van der Waals surface area contributed by atoms with Gasteiger partial charge in [0.2, 0.25) is 0 Å². The molecule has 8 nitrogen and oxygen atoms in total. The fourth-order valence-corrected chi connectivity index (χ4v) is 1.58. The van der Waals surface area contributed by atoms with Crippen LogP contribution >= 0.6 is 0 Å². The fraction of sp³-hybridized carbons (Fsp3) is 0.636. The van der Waals surface area contributed by atoms with Crippen LogP contribution in [0.5, 0.6) is 0 Å². The van der Waals surface area contributed by atoms with Crippen LogP contribution in [-0.4, -0.2) is 45.1 Å². The summed E-state index contributed by atoms with van der Waals surface area (Å²) >= 11 is 0. The number of carboxylic acids is 1. The number of carboxylic acid groups (broad SMARTS) is 1. The number of nitrogens with two attached hydrogens (primary N) is 1. The van der Waals surface area contributed by atoms with E-state index in [2.05, 4.69) is 15.6 Å². The van der Waals surface area contributed by atoms with Crippen molar-refractivity contribution in [2.45, 2.75) is 26.3 Å². The summed E-state index contributed by atoms with van der Waals surface area (Å²) in [6.45, 7) is 3.11. The molecule has 0 aliphatic heterocycles. The number of aromatic nitrogens is 3. The Labute approximate surface area is 111 Å². The summed E-state index contributed by atoms with van der Waals surface area (Å²) in [6.07, 6.45) is 2.24. The molecular formula is C11H19N5O3. The zero-order chi connectivity index (χ0) is 14.3. The number of rotatable bonds is 8. The van der Waals surface area contributed by atoms with Crippen molar-refractivity contribution in [3.05, 3.63) is 11.9 Å². The first-order valence-electron chi connectivity index (χ1n) is 6.17. The predicted molar refractivity (Wildman–Crippen MR) is 67.4 cm³/mol. The second kappa shape index (κ2) is 7.47.